The van der Waals surface area contributed by atoms with Gasteiger partial charge in [0.2, 0.25) is 0 Å². The second-order valence-corrected chi connectivity index (χ2v) is 2.85. The predicted molar refractivity (Wildman–Crippen MR) is 37.9 cm³/mol. The third kappa shape index (κ3) is 2.10. The number of alkyl halides is 2. The number of aliphatic hydroxyl groups is 1. The third-order valence-corrected chi connectivity index (χ3v) is 2.06. The van der Waals surface area contributed by atoms with Crippen molar-refractivity contribution in [2.75, 3.05) is 26.4 Å². The molecule has 0 aromatic heterocycles. The van der Waals surface area contributed by atoms with E-state index >= 15 is 0 Å². The molecule has 1 heterocycles. The van der Waals surface area contributed by atoms with Gasteiger partial charge in [0.25, 0.3) is 0 Å². The summed E-state index contributed by atoms with van der Waals surface area (Å²) in [5.41, 5.74) is 0. The standard InChI is InChI=1S/C7H13F2NO/c8-1-2-10-4-6(9)3-7(10)5-11/h6-7,11H,1-5H2. The van der Waals surface area contributed by atoms with Crippen molar-refractivity contribution in [2.45, 2.75) is 18.6 Å². The highest BCUT2D eigenvalue weighted by Gasteiger charge is 2.30. The molecule has 0 bridgehead atoms. The Morgan fingerprint density at radius 2 is 2.27 bits per heavy atom. The van der Waals surface area contributed by atoms with Gasteiger partial charge in [0, 0.05) is 19.1 Å². The smallest absolute Gasteiger partial charge is 0.114 e. The van der Waals surface area contributed by atoms with Crippen LogP contribution in [0.5, 0.6) is 0 Å². The molecule has 11 heavy (non-hydrogen) atoms. The monoisotopic (exact) mass is 165 g/mol. The van der Waals surface area contributed by atoms with E-state index in [0.29, 0.717) is 6.42 Å². The molecule has 1 fully saturated rings. The Morgan fingerprint density at radius 1 is 1.55 bits per heavy atom. The minimum absolute atomic E-state index is 0.0690. The van der Waals surface area contributed by atoms with Crippen LogP contribution >= 0.6 is 0 Å². The first kappa shape index (κ1) is 8.87. The van der Waals surface area contributed by atoms with Crippen LogP contribution in [0.3, 0.4) is 0 Å². The summed E-state index contributed by atoms with van der Waals surface area (Å²) in [6, 6.07) is -0.166. The number of aliphatic hydroxyl groups excluding tert-OH is 1. The molecule has 0 aromatic rings. The normalized spacial score (nSPS) is 33.0. The van der Waals surface area contributed by atoms with E-state index in [2.05, 4.69) is 0 Å². The Balaban J connectivity index is 2.37. The summed E-state index contributed by atoms with van der Waals surface area (Å²) in [5.74, 6) is 0. The van der Waals surface area contributed by atoms with Gasteiger partial charge < -0.3 is 5.11 Å². The lowest BCUT2D eigenvalue weighted by atomic mass is 10.2. The molecule has 66 valence electrons. The zero-order chi connectivity index (χ0) is 8.27. The Labute approximate surface area is 64.8 Å². The van der Waals surface area contributed by atoms with Gasteiger partial charge in [-0.3, -0.25) is 4.90 Å². The molecule has 2 atom stereocenters. The van der Waals surface area contributed by atoms with E-state index in [1.807, 2.05) is 0 Å². The SMILES string of the molecule is OCC1CC(F)CN1CCF. The molecule has 1 N–H and O–H groups in total. The minimum Gasteiger partial charge on any atom is -0.395 e. The average molecular weight is 165 g/mol. The van der Waals surface area contributed by atoms with Crippen LogP contribution in [0.4, 0.5) is 8.78 Å². The summed E-state index contributed by atoms with van der Waals surface area (Å²) >= 11 is 0. The van der Waals surface area contributed by atoms with Crippen LogP contribution in [0.1, 0.15) is 6.42 Å². The van der Waals surface area contributed by atoms with E-state index in [0.717, 1.165) is 0 Å². The molecular formula is C7H13F2NO. The molecule has 2 unspecified atom stereocenters. The van der Waals surface area contributed by atoms with E-state index in [4.69, 9.17) is 5.11 Å². The van der Waals surface area contributed by atoms with Gasteiger partial charge in [-0.15, -0.1) is 0 Å². The average Bonchev–Trinajstić information content (AvgIpc) is 2.32. The van der Waals surface area contributed by atoms with Crippen LogP contribution in [-0.2, 0) is 0 Å². The van der Waals surface area contributed by atoms with E-state index < -0.39 is 12.8 Å². The fourth-order valence-corrected chi connectivity index (χ4v) is 1.49. The third-order valence-electron chi connectivity index (χ3n) is 2.06. The fraction of sp³-hybridized carbons (Fsp3) is 1.00. The number of halogens is 2. The van der Waals surface area contributed by atoms with Crippen LogP contribution in [0.2, 0.25) is 0 Å². The summed E-state index contributed by atoms with van der Waals surface area (Å²) in [5, 5.41) is 8.75. The lowest BCUT2D eigenvalue weighted by Crippen LogP contribution is -2.33. The van der Waals surface area contributed by atoms with Gasteiger partial charge in [0.1, 0.15) is 12.8 Å². The number of likely N-dealkylation sites (tertiary alicyclic amines) is 1. The van der Waals surface area contributed by atoms with Crippen LogP contribution in [0, 0.1) is 0 Å². The molecule has 0 saturated carbocycles. The predicted octanol–water partition coefficient (Wildman–Crippen LogP) is 0.361. The maximum absolute atomic E-state index is 12.7. The minimum atomic E-state index is -0.890. The van der Waals surface area contributed by atoms with Crippen molar-refractivity contribution in [1.29, 1.82) is 0 Å². The number of rotatable bonds is 3. The van der Waals surface area contributed by atoms with Crippen LogP contribution in [0.15, 0.2) is 0 Å². The molecule has 1 aliphatic rings. The van der Waals surface area contributed by atoms with Crippen molar-refractivity contribution in [2.24, 2.45) is 0 Å². The Hall–Kier alpha value is -0.220. The van der Waals surface area contributed by atoms with Gasteiger partial charge >= 0.3 is 0 Å². The summed E-state index contributed by atoms with van der Waals surface area (Å²) < 4.78 is 24.5. The first-order valence-electron chi connectivity index (χ1n) is 3.83. The number of hydrogen-bond acceptors (Lipinski definition) is 2. The molecule has 0 amide bonds. The summed E-state index contributed by atoms with van der Waals surface area (Å²) in [6.07, 6.45) is -0.546. The Kier molecular flexibility index (Phi) is 3.20. The van der Waals surface area contributed by atoms with Crippen LogP contribution in [-0.4, -0.2) is 48.6 Å². The molecular weight excluding hydrogens is 152 g/mol. The molecule has 0 aromatic carbocycles. The highest BCUT2D eigenvalue weighted by molar-refractivity contribution is 4.84. The molecule has 2 nitrogen and oxygen atoms in total. The number of nitrogens with zero attached hydrogens (tertiary/aromatic N) is 1. The van der Waals surface area contributed by atoms with Crippen LogP contribution < -0.4 is 0 Å². The zero-order valence-electron chi connectivity index (χ0n) is 6.34. The van der Waals surface area contributed by atoms with E-state index in [9.17, 15) is 8.78 Å². The second-order valence-electron chi connectivity index (χ2n) is 2.85. The number of hydrogen-bond donors (Lipinski definition) is 1. The van der Waals surface area contributed by atoms with Gasteiger partial charge in [-0.25, -0.2) is 8.78 Å². The lowest BCUT2D eigenvalue weighted by molar-refractivity contribution is 0.151. The quantitative estimate of drug-likeness (QED) is 0.652. The molecule has 0 radical (unpaired) electrons. The largest absolute Gasteiger partial charge is 0.395 e. The van der Waals surface area contributed by atoms with Crippen molar-refractivity contribution < 1.29 is 13.9 Å². The zero-order valence-corrected chi connectivity index (χ0v) is 6.34. The van der Waals surface area contributed by atoms with Gasteiger partial charge in [-0.1, -0.05) is 0 Å². The van der Waals surface area contributed by atoms with Crippen molar-refractivity contribution in [3.63, 3.8) is 0 Å². The maximum Gasteiger partial charge on any atom is 0.114 e. The van der Waals surface area contributed by atoms with Gasteiger partial charge in [0.05, 0.1) is 6.61 Å². The lowest BCUT2D eigenvalue weighted by Gasteiger charge is -2.19. The highest BCUT2D eigenvalue weighted by Crippen LogP contribution is 2.19. The van der Waals surface area contributed by atoms with Crippen molar-refractivity contribution in [3.8, 4) is 0 Å². The first-order valence-corrected chi connectivity index (χ1v) is 3.83. The molecule has 1 saturated heterocycles. The first-order chi connectivity index (χ1) is 5.27. The van der Waals surface area contributed by atoms with Gasteiger partial charge in [-0.2, -0.15) is 0 Å². The summed E-state index contributed by atoms with van der Waals surface area (Å²) in [7, 11) is 0. The van der Waals surface area contributed by atoms with Crippen LogP contribution in [0.25, 0.3) is 0 Å². The maximum atomic E-state index is 12.7. The van der Waals surface area contributed by atoms with Crippen molar-refractivity contribution in [3.05, 3.63) is 0 Å². The molecule has 4 heteroatoms. The van der Waals surface area contributed by atoms with E-state index in [1.165, 1.54) is 0 Å². The van der Waals surface area contributed by atoms with E-state index in [-0.39, 0.29) is 25.7 Å². The van der Waals surface area contributed by atoms with Gasteiger partial charge in [0.15, 0.2) is 0 Å². The fourth-order valence-electron chi connectivity index (χ4n) is 1.49. The summed E-state index contributed by atoms with van der Waals surface area (Å²) in [4.78, 5) is 1.66. The van der Waals surface area contributed by atoms with Crippen molar-refractivity contribution >= 4 is 0 Å². The van der Waals surface area contributed by atoms with Crippen molar-refractivity contribution in [1.82, 2.24) is 4.90 Å². The Morgan fingerprint density at radius 3 is 2.82 bits per heavy atom. The second kappa shape index (κ2) is 3.97. The molecule has 1 aliphatic heterocycles. The molecule has 1 rings (SSSR count). The summed E-state index contributed by atoms with van der Waals surface area (Å²) in [6.45, 7) is -0.0234. The molecule has 0 spiro atoms. The molecule has 0 aliphatic carbocycles. The Bertz CT molecular complexity index is 123. The van der Waals surface area contributed by atoms with E-state index in [1.54, 1.807) is 4.90 Å². The van der Waals surface area contributed by atoms with Gasteiger partial charge in [-0.05, 0) is 6.42 Å². The topological polar surface area (TPSA) is 23.5 Å². The highest BCUT2D eigenvalue weighted by atomic mass is 19.1.